The van der Waals surface area contributed by atoms with Crippen molar-refractivity contribution in [1.29, 1.82) is 0 Å². The third kappa shape index (κ3) is 7.61. The number of hydrogen-bond donors (Lipinski definition) is 0. The summed E-state index contributed by atoms with van der Waals surface area (Å²) in [6.07, 6.45) is 18.5. The molecule has 0 aromatic rings. The molecule has 0 radical (unpaired) electrons. The van der Waals surface area contributed by atoms with Gasteiger partial charge >= 0.3 is 0 Å². The second kappa shape index (κ2) is 11.3. The number of rotatable bonds is 12. The molecule has 0 N–H and O–H groups in total. The van der Waals surface area contributed by atoms with E-state index in [0.29, 0.717) is 0 Å². The SMILES string of the molecule is CCCCCCCCCCN1CC=CN1CCCC. The average molecular weight is 266 g/mol. The van der Waals surface area contributed by atoms with Gasteiger partial charge in [0.15, 0.2) is 0 Å². The lowest BCUT2D eigenvalue weighted by molar-refractivity contribution is 0.0487. The van der Waals surface area contributed by atoms with Crippen molar-refractivity contribution < 1.29 is 0 Å². The molecule has 1 aliphatic heterocycles. The fourth-order valence-electron chi connectivity index (χ4n) is 2.67. The van der Waals surface area contributed by atoms with E-state index in [-0.39, 0.29) is 0 Å². The van der Waals surface area contributed by atoms with E-state index in [1.54, 1.807) is 0 Å². The zero-order chi connectivity index (χ0) is 13.8. The monoisotopic (exact) mass is 266 g/mol. The molecule has 2 heteroatoms. The van der Waals surface area contributed by atoms with Crippen LogP contribution in [0, 0.1) is 0 Å². The standard InChI is InChI=1S/C17H34N2/c1-3-5-7-8-9-10-11-12-15-19-17-13-16-18(19)14-6-4-2/h13,16H,3-12,14-15,17H2,1-2H3. The molecule has 2 nitrogen and oxygen atoms in total. The quantitative estimate of drug-likeness (QED) is 0.460. The Balaban J connectivity index is 1.94. The first kappa shape index (κ1) is 16.6. The lowest BCUT2D eigenvalue weighted by Gasteiger charge is -2.29. The second-order valence-corrected chi connectivity index (χ2v) is 5.79. The highest BCUT2D eigenvalue weighted by molar-refractivity contribution is 4.91. The maximum atomic E-state index is 2.51. The fourth-order valence-corrected chi connectivity index (χ4v) is 2.67. The van der Waals surface area contributed by atoms with Crippen molar-refractivity contribution in [1.82, 2.24) is 10.0 Å². The molecular formula is C17H34N2. The molecule has 19 heavy (non-hydrogen) atoms. The Hall–Kier alpha value is -0.500. The molecule has 0 unspecified atom stereocenters. The third-order valence-corrected chi connectivity index (χ3v) is 3.97. The van der Waals surface area contributed by atoms with Gasteiger partial charge in [-0.25, -0.2) is 5.01 Å². The van der Waals surface area contributed by atoms with Crippen molar-refractivity contribution in [3.63, 3.8) is 0 Å². The summed E-state index contributed by atoms with van der Waals surface area (Å²) in [7, 11) is 0. The second-order valence-electron chi connectivity index (χ2n) is 5.79. The number of hydrazine groups is 1. The van der Waals surface area contributed by atoms with Crippen LogP contribution in [0.2, 0.25) is 0 Å². The van der Waals surface area contributed by atoms with E-state index in [1.165, 1.54) is 77.3 Å². The Bertz CT molecular complexity index is 225. The summed E-state index contributed by atoms with van der Waals surface area (Å²) in [5.74, 6) is 0. The van der Waals surface area contributed by atoms with Crippen molar-refractivity contribution >= 4 is 0 Å². The maximum Gasteiger partial charge on any atom is 0.0379 e. The van der Waals surface area contributed by atoms with Gasteiger partial charge in [-0.1, -0.05) is 71.3 Å². The van der Waals surface area contributed by atoms with E-state index >= 15 is 0 Å². The predicted molar refractivity (Wildman–Crippen MR) is 84.9 cm³/mol. The summed E-state index contributed by atoms with van der Waals surface area (Å²) in [6.45, 7) is 8.12. The summed E-state index contributed by atoms with van der Waals surface area (Å²) in [5, 5.41) is 4.93. The van der Waals surface area contributed by atoms with Crippen LogP contribution in [-0.2, 0) is 0 Å². The average Bonchev–Trinajstić information content (AvgIpc) is 2.87. The molecule has 0 spiro atoms. The number of nitrogens with zero attached hydrogens (tertiary/aromatic N) is 2. The zero-order valence-corrected chi connectivity index (χ0v) is 13.2. The first-order chi connectivity index (χ1) is 9.38. The molecule has 0 atom stereocenters. The lowest BCUT2D eigenvalue weighted by Crippen LogP contribution is -2.36. The largest absolute Gasteiger partial charge is 0.313 e. The van der Waals surface area contributed by atoms with Crippen LogP contribution in [0.15, 0.2) is 12.3 Å². The molecule has 0 aromatic carbocycles. The molecule has 1 rings (SSSR count). The third-order valence-electron chi connectivity index (χ3n) is 3.97. The minimum atomic E-state index is 1.13. The van der Waals surface area contributed by atoms with Gasteiger partial charge in [0.2, 0.25) is 0 Å². The molecule has 0 aliphatic carbocycles. The fraction of sp³-hybridized carbons (Fsp3) is 0.882. The van der Waals surface area contributed by atoms with E-state index in [1.807, 2.05) is 0 Å². The minimum Gasteiger partial charge on any atom is -0.313 e. The first-order valence-electron chi connectivity index (χ1n) is 8.56. The summed E-state index contributed by atoms with van der Waals surface area (Å²) >= 11 is 0. The first-order valence-corrected chi connectivity index (χ1v) is 8.56. The molecule has 0 bridgehead atoms. The summed E-state index contributed by atoms with van der Waals surface area (Å²) in [5.41, 5.74) is 0. The molecule has 112 valence electrons. The van der Waals surface area contributed by atoms with E-state index in [0.717, 1.165) is 6.54 Å². The van der Waals surface area contributed by atoms with Crippen LogP contribution in [0.5, 0.6) is 0 Å². The minimum absolute atomic E-state index is 1.13. The smallest absolute Gasteiger partial charge is 0.0379 e. The van der Waals surface area contributed by atoms with Crippen LogP contribution < -0.4 is 0 Å². The van der Waals surface area contributed by atoms with Gasteiger partial charge in [0, 0.05) is 25.8 Å². The van der Waals surface area contributed by atoms with Gasteiger partial charge in [-0.05, 0) is 12.8 Å². The van der Waals surface area contributed by atoms with Crippen LogP contribution in [0.4, 0.5) is 0 Å². The van der Waals surface area contributed by atoms with E-state index < -0.39 is 0 Å². The van der Waals surface area contributed by atoms with Crippen LogP contribution in [-0.4, -0.2) is 29.7 Å². The topological polar surface area (TPSA) is 6.48 Å². The van der Waals surface area contributed by atoms with Crippen LogP contribution in [0.25, 0.3) is 0 Å². The summed E-state index contributed by atoms with van der Waals surface area (Å²) in [4.78, 5) is 0. The van der Waals surface area contributed by atoms with Crippen molar-refractivity contribution in [3.05, 3.63) is 12.3 Å². The Labute approximate surface area is 120 Å². The van der Waals surface area contributed by atoms with Gasteiger partial charge in [-0.15, -0.1) is 0 Å². The number of unbranched alkanes of at least 4 members (excludes halogenated alkanes) is 8. The van der Waals surface area contributed by atoms with Crippen molar-refractivity contribution in [2.24, 2.45) is 0 Å². The lowest BCUT2D eigenvalue weighted by atomic mass is 10.1. The highest BCUT2D eigenvalue weighted by Crippen LogP contribution is 2.13. The number of hydrogen-bond acceptors (Lipinski definition) is 2. The molecule has 0 aromatic heterocycles. The van der Waals surface area contributed by atoms with Gasteiger partial charge in [0.25, 0.3) is 0 Å². The summed E-state index contributed by atoms with van der Waals surface area (Å²) < 4.78 is 0. The molecule has 0 amide bonds. The molecule has 1 aliphatic rings. The predicted octanol–water partition coefficient (Wildman–Crippen LogP) is 4.97. The van der Waals surface area contributed by atoms with E-state index in [4.69, 9.17) is 0 Å². The van der Waals surface area contributed by atoms with Crippen LogP contribution in [0.3, 0.4) is 0 Å². The molecule has 1 heterocycles. The van der Waals surface area contributed by atoms with Crippen LogP contribution in [0.1, 0.15) is 78.1 Å². The van der Waals surface area contributed by atoms with Crippen molar-refractivity contribution in [3.8, 4) is 0 Å². The molecular weight excluding hydrogens is 232 g/mol. The van der Waals surface area contributed by atoms with E-state index in [9.17, 15) is 0 Å². The van der Waals surface area contributed by atoms with Gasteiger partial charge in [0.1, 0.15) is 0 Å². The van der Waals surface area contributed by atoms with Gasteiger partial charge in [0.05, 0.1) is 0 Å². The summed E-state index contributed by atoms with van der Waals surface area (Å²) in [6, 6.07) is 0. The normalized spacial score (nSPS) is 15.6. The van der Waals surface area contributed by atoms with Crippen LogP contribution >= 0.6 is 0 Å². The van der Waals surface area contributed by atoms with Crippen molar-refractivity contribution in [2.75, 3.05) is 19.6 Å². The molecule has 0 saturated carbocycles. The Morgan fingerprint density at radius 3 is 2.05 bits per heavy atom. The Morgan fingerprint density at radius 2 is 1.37 bits per heavy atom. The highest BCUT2D eigenvalue weighted by atomic mass is 15.6. The zero-order valence-electron chi connectivity index (χ0n) is 13.2. The van der Waals surface area contributed by atoms with Gasteiger partial charge in [-0.3, -0.25) is 0 Å². The highest BCUT2D eigenvalue weighted by Gasteiger charge is 2.14. The Morgan fingerprint density at radius 1 is 0.737 bits per heavy atom. The maximum absolute atomic E-state index is 2.51. The van der Waals surface area contributed by atoms with Crippen molar-refractivity contribution in [2.45, 2.75) is 78.1 Å². The molecule has 0 saturated heterocycles. The van der Waals surface area contributed by atoms with Gasteiger partial charge in [-0.2, -0.15) is 0 Å². The molecule has 0 fully saturated rings. The Kier molecular flexibility index (Phi) is 9.88. The van der Waals surface area contributed by atoms with Gasteiger partial charge < -0.3 is 5.01 Å². The van der Waals surface area contributed by atoms with E-state index in [2.05, 4.69) is 36.1 Å².